The summed E-state index contributed by atoms with van der Waals surface area (Å²) in [5.41, 5.74) is 1.59. The predicted molar refractivity (Wildman–Crippen MR) is 114 cm³/mol. The molecule has 0 amide bonds. The first-order chi connectivity index (χ1) is 12.5. The molecule has 0 aromatic heterocycles. The molecule has 1 atom stereocenters. The summed E-state index contributed by atoms with van der Waals surface area (Å²) < 4.78 is 0. The Kier molecular flexibility index (Phi) is 14.2. The van der Waals surface area contributed by atoms with Crippen LogP contribution in [0, 0.1) is 12.0 Å². The average Bonchev–Trinajstić information content (AvgIpc) is 3.26. The number of rotatable bonds is 2. The van der Waals surface area contributed by atoms with Gasteiger partial charge >= 0.3 is 41.9 Å². The van der Waals surface area contributed by atoms with Gasteiger partial charge in [0.05, 0.1) is 0 Å². The number of benzene rings is 2. The molecule has 0 saturated carbocycles. The van der Waals surface area contributed by atoms with Crippen molar-refractivity contribution in [1.29, 1.82) is 0 Å². The van der Waals surface area contributed by atoms with Crippen LogP contribution in [0.5, 0.6) is 0 Å². The summed E-state index contributed by atoms with van der Waals surface area (Å²) in [6.45, 7) is 8.98. The van der Waals surface area contributed by atoms with Gasteiger partial charge < -0.3 is 24.8 Å². The van der Waals surface area contributed by atoms with Crippen LogP contribution >= 0.6 is 0 Å². The molecule has 0 heterocycles. The first-order valence-corrected chi connectivity index (χ1v) is 15.6. The zero-order valence-corrected chi connectivity index (χ0v) is 22.1. The predicted octanol–water partition coefficient (Wildman–Crippen LogP) is 1.23. The van der Waals surface area contributed by atoms with Crippen LogP contribution in [-0.2, 0) is 23.3 Å². The van der Waals surface area contributed by atoms with Crippen molar-refractivity contribution in [2.45, 2.75) is 39.8 Å². The molecule has 1 unspecified atom stereocenters. The monoisotopic (exact) mass is 504 g/mol. The minimum Gasteiger partial charge on any atom is -1.00 e. The molecular formula is C24H28Cl2SiZr-2. The minimum atomic E-state index is 0. The molecule has 4 heteroatoms. The van der Waals surface area contributed by atoms with Crippen LogP contribution in [-0.4, -0.2) is 5.43 Å². The van der Waals surface area contributed by atoms with Gasteiger partial charge in [-0.2, -0.15) is 6.08 Å². The van der Waals surface area contributed by atoms with Crippen LogP contribution in [0.15, 0.2) is 72.3 Å². The largest absolute Gasteiger partial charge is 1.00 e. The van der Waals surface area contributed by atoms with E-state index < -0.39 is 0 Å². The van der Waals surface area contributed by atoms with Crippen LogP contribution < -0.4 is 24.8 Å². The van der Waals surface area contributed by atoms with Gasteiger partial charge in [0.25, 0.3) is 0 Å². The molecule has 0 N–H and O–H groups in total. The van der Waals surface area contributed by atoms with E-state index in [1.807, 2.05) is 0 Å². The van der Waals surface area contributed by atoms with Gasteiger partial charge in [-0.1, -0.05) is 69.0 Å². The topological polar surface area (TPSA) is 0 Å². The Balaban J connectivity index is 0.000000432. The number of halogens is 2. The van der Waals surface area contributed by atoms with Crippen molar-refractivity contribution >= 4 is 27.0 Å². The molecule has 0 spiro atoms. The molecule has 0 aliphatic heterocycles. The van der Waals surface area contributed by atoms with Crippen LogP contribution in [0.25, 0.3) is 21.5 Å². The molecular weight excluding hydrogens is 478 g/mol. The van der Waals surface area contributed by atoms with Crippen molar-refractivity contribution < 1.29 is 48.1 Å². The maximum absolute atomic E-state index is 3.40. The maximum Gasteiger partial charge on any atom is -0.0771 e. The fourth-order valence-electron chi connectivity index (χ4n) is 2.93. The van der Waals surface area contributed by atoms with Crippen LogP contribution in [0.2, 0.25) is 13.1 Å². The normalized spacial score (nSPS) is 14.1. The van der Waals surface area contributed by atoms with E-state index in [-0.39, 0.29) is 30.2 Å². The number of hydrogen-bond donors (Lipinski definition) is 0. The molecule has 1 aliphatic carbocycles. The molecule has 0 bridgehead atoms. The molecule has 1 aliphatic rings. The van der Waals surface area contributed by atoms with E-state index in [9.17, 15) is 0 Å². The quantitative estimate of drug-likeness (QED) is 0.362. The number of hydrogen-bond acceptors (Lipinski definition) is 0. The minimum absolute atomic E-state index is 0. The van der Waals surface area contributed by atoms with Crippen LogP contribution in [0.3, 0.4) is 0 Å². The molecule has 0 fully saturated rings. The van der Waals surface area contributed by atoms with Gasteiger partial charge in [0.2, 0.25) is 0 Å². The Labute approximate surface area is 198 Å². The zero-order valence-electron chi connectivity index (χ0n) is 17.1. The Morgan fingerprint density at radius 2 is 1.39 bits per heavy atom. The van der Waals surface area contributed by atoms with Crippen molar-refractivity contribution in [3.63, 3.8) is 0 Å². The molecule has 148 valence electrons. The molecule has 28 heavy (non-hydrogen) atoms. The Bertz CT molecular complexity index is 870. The average molecular weight is 507 g/mol. The first-order valence-electron chi connectivity index (χ1n) is 9.40. The maximum atomic E-state index is 3.40. The van der Waals surface area contributed by atoms with Gasteiger partial charge in [-0.25, -0.2) is 11.6 Å². The summed E-state index contributed by atoms with van der Waals surface area (Å²) in [5, 5.41) is 5.39. The zero-order chi connectivity index (χ0) is 18.9. The number of fused-ring (bicyclic) bond motifs is 3. The number of allylic oxidation sites excluding steroid dienone is 4. The first kappa shape index (κ1) is 27.5. The fraction of sp³-hybridized carbons (Fsp3) is 0.292. The van der Waals surface area contributed by atoms with Gasteiger partial charge in [-0.3, -0.25) is 6.08 Å². The van der Waals surface area contributed by atoms with E-state index >= 15 is 0 Å². The molecule has 4 rings (SSSR count). The van der Waals surface area contributed by atoms with E-state index in [1.54, 1.807) is 23.3 Å². The van der Waals surface area contributed by atoms with E-state index in [4.69, 9.17) is 0 Å². The molecule has 3 aromatic carbocycles. The van der Waals surface area contributed by atoms with E-state index in [0.29, 0.717) is 5.92 Å². The van der Waals surface area contributed by atoms with Crippen molar-refractivity contribution in [2.24, 2.45) is 5.92 Å². The van der Waals surface area contributed by atoms with Crippen LogP contribution in [0.4, 0.5) is 0 Å². The Hall–Kier alpha value is -0.530. The summed E-state index contributed by atoms with van der Waals surface area (Å²) in [7, 11) is 0. The standard InChI is InChI=1S/C13H9.C9H13.C2H6Si.2ClH.Zr/c1-3-7-12-10(5-1)9-11-6-2-4-8-13(11)12;1-3-8-5-6-9(4-2)7-8;1-3-2;;;/h1-9H;5-6,8H,3-4H2,1-2H3;1-2H3;2*1H;/q2*-1;;;;+2/p-2. The third-order valence-corrected chi connectivity index (χ3v) is 4.24. The van der Waals surface area contributed by atoms with Gasteiger partial charge in [-0.05, 0) is 0 Å². The Morgan fingerprint density at radius 3 is 1.75 bits per heavy atom. The second kappa shape index (κ2) is 14.5. The van der Waals surface area contributed by atoms with Gasteiger partial charge in [0.15, 0.2) is 0 Å². The van der Waals surface area contributed by atoms with E-state index in [1.165, 1.54) is 33.5 Å². The fourth-order valence-corrected chi connectivity index (χ4v) is 2.93. The van der Waals surface area contributed by atoms with Crippen molar-refractivity contribution in [1.82, 2.24) is 0 Å². The van der Waals surface area contributed by atoms with E-state index in [2.05, 4.69) is 99.8 Å². The molecule has 0 saturated heterocycles. The second-order valence-electron chi connectivity index (χ2n) is 6.72. The van der Waals surface area contributed by atoms with E-state index in [0.717, 1.165) is 6.42 Å². The third kappa shape index (κ3) is 8.46. The third-order valence-electron chi connectivity index (χ3n) is 4.24. The molecule has 0 radical (unpaired) electrons. The summed E-state index contributed by atoms with van der Waals surface area (Å²) in [5.74, 6) is 0.611. The summed E-state index contributed by atoms with van der Waals surface area (Å²) >= 11 is 1.74. The molecule has 0 nitrogen and oxygen atoms in total. The van der Waals surface area contributed by atoms with Crippen LogP contribution in [0.1, 0.15) is 26.7 Å². The van der Waals surface area contributed by atoms with Gasteiger partial charge in [0, 0.05) is 0 Å². The second-order valence-corrected chi connectivity index (χ2v) is 16.1. The summed E-state index contributed by atoms with van der Waals surface area (Å²) in [4.78, 5) is 0. The SMILES string of the molecule is CCC1=[C-]C(CC)C=C1.C[Si](C)=[Zr+2].[Cl-].[Cl-].c1ccc2c(c1)[cH-]c1ccccc12. The summed E-state index contributed by atoms with van der Waals surface area (Å²) in [6.07, 6.45) is 10.1. The van der Waals surface area contributed by atoms with Crippen molar-refractivity contribution in [3.8, 4) is 0 Å². The van der Waals surface area contributed by atoms with Crippen molar-refractivity contribution in [3.05, 3.63) is 78.4 Å². The van der Waals surface area contributed by atoms with Gasteiger partial charge in [-0.15, -0.1) is 39.7 Å². The van der Waals surface area contributed by atoms with Gasteiger partial charge in [0.1, 0.15) is 0 Å². The summed E-state index contributed by atoms with van der Waals surface area (Å²) in [6, 6.07) is 19.3. The smallest absolute Gasteiger partial charge is 0.0771 e. The molecule has 3 aromatic rings. The Morgan fingerprint density at radius 1 is 0.929 bits per heavy atom. The van der Waals surface area contributed by atoms with Crippen molar-refractivity contribution in [2.75, 3.05) is 0 Å².